The summed E-state index contributed by atoms with van der Waals surface area (Å²) in [5.74, 6) is -0.164. The molecule has 22 heavy (non-hydrogen) atoms. The van der Waals surface area contributed by atoms with Crippen LogP contribution in [0.15, 0.2) is 53.1 Å². The van der Waals surface area contributed by atoms with Crippen LogP contribution in [-0.2, 0) is 16.1 Å². The average Bonchev–Trinajstić information content (AvgIpc) is 3.17. The Hall–Kier alpha value is -2.56. The maximum atomic E-state index is 12.0. The van der Waals surface area contributed by atoms with Crippen molar-refractivity contribution in [2.24, 2.45) is 5.92 Å². The van der Waals surface area contributed by atoms with Crippen molar-refractivity contribution < 1.29 is 18.7 Å². The second kappa shape index (κ2) is 6.47. The summed E-state index contributed by atoms with van der Waals surface area (Å²) in [5, 5.41) is 0. The summed E-state index contributed by atoms with van der Waals surface area (Å²) in [5.41, 5.74) is 1.10. The van der Waals surface area contributed by atoms with Crippen LogP contribution in [0.2, 0.25) is 0 Å². The summed E-state index contributed by atoms with van der Waals surface area (Å²) in [6.07, 6.45) is 1.84. The third-order valence-corrected chi connectivity index (χ3v) is 3.68. The smallest absolute Gasteiger partial charge is 0.374 e. The minimum absolute atomic E-state index is 0.0372. The molecule has 2 heterocycles. The van der Waals surface area contributed by atoms with Gasteiger partial charge < -0.3 is 14.1 Å². The van der Waals surface area contributed by atoms with Gasteiger partial charge in [-0.15, -0.1) is 0 Å². The normalized spacial score (nSPS) is 17.7. The number of likely N-dealkylation sites (tertiary alicyclic amines) is 1. The molecule has 1 atom stereocenters. The van der Waals surface area contributed by atoms with Crippen LogP contribution >= 0.6 is 0 Å². The predicted molar refractivity (Wildman–Crippen MR) is 79.0 cm³/mol. The van der Waals surface area contributed by atoms with Gasteiger partial charge in [0.25, 0.3) is 0 Å². The zero-order valence-corrected chi connectivity index (χ0v) is 12.1. The zero-order valence-electron chi connectivity index (χ0n) is 12.1. The summed E-state index contributed by atoms with van der Waals surface area (Å²) < 4.78 is 10.2. The number of hydrogen-bond donors (Lipinski definition) is 0. The van der Waals surface area contributed by atoms with Gasteiger partial charge in [0.2, 0.25) is 11.7 Å². The van der Waals surface area contributed by atoms with Crippen LogP contribution in [0.4, 0.5) is 0 Å². The van der Waals surface area contributed by atoms with Crippen LogP contribution < -0.4 is 0 Å². The molecule has 0 saturated carbocycles. The molecular weight excluding hydrogens is 282 g/mol. The monoisotopic (exact) mass is 299 g/mol. The first-order valence-corrected chi connectivity index (χ1v) is 7.24. The highest BCUT2D eigenvalue weighted by Gasteiger charge is 2.30. The van der Waals surface area contributed by atoms with E-state index in [0.29, 0.717) is 19.5 Å². The van der Waals surface area contributed by atoms with Gasteiger partial charge in [0, 0.05) is 25.4 Å². The van der Waals surface area contributed by atoms with Gasteiger partial charge in [0.05, 0.1) is 12.9 Å². The molecule has 1 aromatic heterocycles. The van der Waals surface area contributed by atoms with Crippen LogP contribution in [0.1, 0.15) is 22.5 Å². The molecule has 1 saturated heterocycles. The SMILES string of the molecule is O=C(OC[C@@H]1CC(=O)N(Cc2ccccc2)C1)c1ccco1. The molecule has 3 rings (SSSR count). The first-order chi connectivity index (χ1) is 10.7. The quantitative estimate of drug-likeness (QED) is 0.796. The van der Waals surface area contributed by atoms with E-state index in [1.807, 2.05) is 30.3 Å². The lowest BCUT2D eigenvalue weighted by atomic mass is 10.1. The van der Waals surface area contributed by atoms with E-state index < -0.39 is 5.97 Å². The number of rotatable bonds is 5. The molecular formula is C17H17NO4. The molecule has 114 valence electrons. The summed E-state index contributed by atoms with van der Waals surface area (Å²) in [4.78, 5) is 25.5. The second-order valence-corrected chi connectivity index (χ2v) is 5.41. The van der Waals surface area contributed by atoms with Crippen molar-refractivity contribution in [3.05, 3.63) is 60.1 Å². The topological polar surface area (TPSA) is 59.8 Å². The summed E-state index contributed by atoms with van der Waals surface area (Å²) in [7, 11) is 0. The third kappa shape index (κ3) is 3.36. The number of esters is 1. The molecule has 5 nitrogen and oxygen atoms in total. The Labute approximate surface area is 128 Å². The maximum absolute atomic E-state index is 12.0. The molecule has 0 N–H and O–H groups in total. The van der Waals surface area contributed by atoms with Gasteiger partial charge in [-0.1, -0.05) is 30.3 Å². The number of amides is 1. The van der Waals surface area contributed by atoms with E-state index in [4.69, 9.17) is 9.15 Å². The van der Waals surface area contributed by atoms with Gasteiger partial charge in [-0.2, -0.15) is 0 Å². The lowest BCUT2D eigenvalue weighted by Crippen LogP contribution is -2.25. The lowest BCUT2D eigenvalue weighted by molar-refractivity contribution is -0.128. The number of nitrogens with zero attached hydrogens (tertiary/aromatic N) is 1. The van der Waals surface area contributed by atoms with Crippen molar-refractivity contribution in [1.82, 2.24) is 4.90 Å². The van der Waals surface area contributed by atoms with Gasteiger partial charge in [0.1, 0.15) is 0 Å². The Bertz CT molecular complexity index is 636. The van der Waals surface area contributed by atoms with Crippen molar-refractivity contribution in [3.63, 3.8) is 0 Å². The minimum Gasteiger partial charge on any atom is -0.459 e. The van der Waals surface area contributed by atoms with Crippen molar-refractivity contribution in [3.8, 4) is 0 Å². The first kappa shape index (κ1) is 14.4. The summed E-state index contributed by atoms with van der Waals surface area (Å²) in [6, 6.07) is 13.1. The van der Waals surface area contributed by atoms with Crippen LogP contribution in [-0.4, -0.2) is 29.9 Å². The van der Waals surface area contributed by atoms with Crippen molar-refractivity contribution in [2.75, 3.05) is 13.2 Å². The highest BCUT2D eigenvalue weighted by atomic mass is 16.5. The van der Waals surface area contributed by atoms with Gasteiger partial charge in [0.15, 0.2) is 0 Å². The number of carbonyl (C=O) groups is 2. The number of hydrogen-bond acceptors (Lipinski definition) is 4. The highest BCUT2D eigenvalue weighted by molar-refractivity contribution is 5.86. The van der Waals surface area contributed by atoms with E-state index in [-0.39, 0.29) is 24.2 Å². The van der Waals surface area contributed by atoms with E-state index in [1.54, 1.807) is 17.0 Å². The number of carbonyl (C=O) groups excluding carboxylic acids is 2. The van der Waals surface area contributed by atoms with E-state index in [2.05, 4.69) is 0 Å². The molecule has 1 aliphatic heterocycles. The average molecular weight is 299 g/mol. The summed E-state index contributed by atoms with van der Waals surface area (Å²) in [6.45, 7) is 1.44. The Kier molecular flexibility index (Phi) is 4.23. The van der Waals surface area contributed by atoms with Crippen molar-refractivity contribution >= 4 is 11.9 Å². The standard InChI is InChI=1S/C17H17NO4/c19-16-9-14(12-22-17(20)15-7-4-8-21-15)11-18(16)10-13-5-2-1-3-6-13/h1-8,14H,9-12H2/t14-/m1/s1. The third-order valence-electron chi connectivity index (χ3n) is 3.68. The lowest BCUT2D eigenvalue weighted by Gasteiger charge is -2.16. The van der Waals surface area contributed by atoms with Crippen LogP contribution in [0, 0.1) is 5.92 Å². The van der Waals surface area contributed by atoms with Crippen molar-refractivity contribution in [1.29, 1.82) is 0 Å². The fraction of sp³-hybridized carbons (Fsp3) is 0.294. The molecule has 1 fully saturated rings. The zero-order chi connectivity index (χ0) is 15.4. The molecule has 2 aromatic rings. The second-order valence-electron chi connectivity index (χ2n) is 5.41. The fourth-order valence-corrected chi connectivity index (χ4v) is 2.58. The molecule has 0 spiro atoms. The van der Waals surface area contributed by atoms with Crippen LogP contribution in [0.25, 0.3) is 0 Å². The molecule has 0 bridgehead atoms. The largest absolute Gasteiger partial charge is 0.459 e. The molecule has 1 aliphatic rings. The number of benzene rings is 1. The molecule has 0 unspecified atom stereocenters. The Morgan fingerprint density at radius 2 is 2.05 bits per heavy atom. The Balaban J connectivity index is 1.50. The molecule has 1 aromatic carbocycles. The maximum Gasteiger partial charge on any atom is 0.374 e. The van der Waals surface area contributed by atoms with E-state index in [9.17, 15) is 9.59 Å². The number of furan rings is 1. The first-order valence-electron chi connectivity index (χ1n) is 7.24. The van der Waals surface area contributed by atoms with Gasteiger partial charge in [-0.25, -0.2) is 4.79 Å². The molecule has 1 amide bonds. The highest BCUT2D eigenvalue weighted by Crippen LogP contribution is 2.21. The van der Waals surface area contributed by atoms with Gasteiger partial charge in [-0.05, 0) is 17.7 Å². The number of ether oxygens (including phenoxy) is 1. The Morgan fingerprint density at radius 3 is 2.77 bits per heavy atom. The summed E-state index contributed by atoms with van der Waals surface area (Å²) >= 11 is 0. The van der Waals surface area contributed by atoms with Crippen molar-refractivity contribution in [2.45, 2.75) is 13.0 Å². The Morgan fingerprint density at radius 1 is 1.23 bits per heavy atom. The minimum atomic E-state index is -0.487. The van der Waals surface area contributed by atoms with E-state index in [1.165, 1.54) is 6.26 Å². The van der Waals surface area contributed by atoms with Gasteiger partial charge >= 0.3 is 5.97 Å². The van der Waals surface area contributed by atoms with Crippen LogP contribution in [0.3, 0.4) is 0 Å². The van der Waals surface area contributed by atoms with E-state index in [0.717, 1.165) is 5.56 Å². The molecule has 0 radical (unpaired) electrons. The van der Waals surface area contributed by atoms with Crippen LogP contribution in [0.5, 0.6) is 0 Å². The van der Waals surface area contributed by atoms with Gasteiger partial charge in [-0.3, -0.25) is 4.79 Å². The molecule has 5 heteroatoms. The fourth-order valence-electron chi connectivity index (χ4n) is 2.58. The van der Waals surface area contributed by atoms with E-state index >= 15 is 0 Å². The molecule has 0 aliphatic carbocycles. The predicted octanol–water partition coefficient (Wildman–Crippen LogP) is 2.49.